The van der Waals surface area contributed by atoms with E-state index in [0.717, 1.165) is 36.8 Å². The number of carbonyl (C=O) groups is 2. The topological polar surface area (TPSA) is 49.4 Å². The number of fused-ring (bicyclic) bond motifs is 1. The summed E-state index contributed by atoms with van der Waals surface area (Å²) >= 11 is 0. The Balaban J connectivity index is 1.64. The van der Waals surface area contributed by atoms with Crippen LogP contribution in [0.3, 0.4) is 0 Å². The third-order valence-electron chi connectivity index (χ3n) is 7.10. The lowest BCUT2D eigenvalue weighted by molar-refractivity contribution is -0.154. The van der Waals surface area contributed by atoms with Gasteiger partial charge in [0.05, 0.1) is 0 Å². The predicted molar refractivity (Wildman–Crippen MR) is 119 cm³/mol. The maximum Gasteiger partial charge on any atom is 0.246 e. The van der Waals surface area contributed by atoms with Crippen molar-refractivity contribution < 1.29 is 9.59 Å². The largest absolute Gasteiger partial charge is 0.342 e. The molecule has 1 aliphatic carbocycles. The van der Waals surface area contributed by atoms with Gasteiger partial charge in [-0.3, -0.25) is 9.59 Å². The van der Waals surface area contributed by atoms with Crippen molar-refractivity contribution in [2.45, 2.75) is 65.1 Å². The number of rotatable bonds is 6. The number of amides is 2. The van der Waals surface area contributed by atoms with Crippen LogP contribution in [-0.2, 0) is 29.0 Å². The van der Waals surface area contributed by atoms with Gasteiger partial charge >= 0.3 is 0 Å². The molecule has 1 aliphatic heterocycles. The maximum atomic E-state index is 13.8. The van der Waals surface area contributed by atoms with Crippen molar-refractivity contribution in [3.05, 3.63) is 70.8 Å². The molecule has 0 spiro atoms. The molecule has 2 aromatic carbocycles. The average molecular weight is 405 g/mol. The molecule has 0 bridgehead atoms. The SMILES string of the molecule is CCC(CC)[C@@H]1C(=O)N[C@H](C2Cc3ccccc3C2)C(=O)N1Cc1ccccc1C. The summed E-state index contributed by atoms with van der Waals surface area (Å²) in [6.45, 7) is 6.78. The van der Waals surface area contributed by atoms with E-state index in [2.05, 4.69) is 62.5 Å². The van der Waals surface area contributed by atoms with Gasteiger partial charge in [-0.2, -0.15) is 0 Å². The van der Waals surface area contributed by atoms with Crippen molar-refractivity contribution in [1.29, 1.82) is 0 Å². The molecule has 4 heteroatoms. The van der Waals surface area contributed by atoms with Gasteiger partial charge in [0, 0.05) is 6.54 Å². The van der Waals surface area contributed by atoms with Crippen LogP contribution < -0.4 is 5.32 Å². The predicted octanol–water partition coefficient (Wildman–Crippen LogP) is 4.04. The fourth-order valence-corrected chi connectivity index (χ4v) is 5.26. The van der Waals surface area contributed by atoms with Gasteiger partial charge in [0.15, 0.2) is 0 Å². The monoisotopic (exact) mass is 404 g/mol. The zero-order chi connectivity index (χ0) is 21.3. The second kappa shape index (κ2) is 8.63. The number of piperazine rings is 1. The van der Waals surface area contributed by atoms with Crippen LogP contribution in [0.2, 0.25) is 0 Å². The molecular formula is C26H32N2O2. The van der Waals surface area contributed by atoms with Gasteiger partial charge in [-0.25, -0.2) is 0 Å². The Labute approximate surface area is 179 Å². The zero-order valence-electron chi connectivity index (χ0n) is 18.2. The van der Waals surface area contributed by atoms with E-state index in [1.165, 1.54) is 11.1 Å². The summed E-state index contributed by atoms with van der Waals surface area (Å²) < 4.78 is 0. The van der Waals surface area contributed by atoms with Gasteiger partial charge in [-0.15, -0.1) is 0 Å². The minimum atomic E-state index is -0.445. The molecule has 1 heterocycles. The highest BCUT2D eigenvalue weighted by molar-refractivity contribution is 5.97. The van der Waals surface area contributed by atoms with Crippen molar-refractivity contribution in [1.82, 2.24) is 10.2 Å². The number of nitrogens with one attached hydrogen (secondary N) is 1. The van der Waals surface area contributed by atoms with E-state index in [9.17, 15) is 9.59 Å². The molecule has 2 aliphatic rings. The summed E-state index contributed by atoms with van der Waals surface area (Å²) in [5, 5.41) is 3.14. The van der Waals surface area contributed by atoms with Gasteiger partial charge in [0.2, 0.25) is 11.8 Å². The van der Waals surface area contributed by atoms with Crippen LogP contribution in [0, 0.1) is 18.8 Å². The van der Waals surface area contributed by atoms with Gasteiger partial charge in [0.25, 0.3) is 0 Å². The molecule has 1 N–H and O–H groups in total. The first-order valence-electron chi connectivity index (χ1n) is 11.3. The third-order valence-corrected chi connectivity index (χ3v) is 7.10. The van der Waals surface area contributed by atoms with Crippen LogP contribution in [0.5, 0.6) is 0 Å². The average Bonchev–Trinajstić information content (AvgIpc) is 3.18. The van der Waals surface area contributed by atoms with E-state index in [4.69, 9.17) is 0 Å². The second-order valence-corrected chi connectivity index (χ2v) is 8.84. The van der Waals surface area contributed by atoms with Crippen LogP contribution in [0.1, 0.15) is 48.9 Å². The number of aryl methyl sites for hydroxylation is 1. The molecule has 4 rings (SSSR count). The molecule has 4 nitrogen and oxygen atoms in total. The number of nitrogens with zero attached hydrogens (tertiary/aromatic N) is 1. The smallest absolute Gasteiger partial charge is 0.246 e. The molecule has 158 valence electrons. The molecule has 0 saturated carbocycles. The second-order valence-electron chi connectivity index (χ2n) is 8.84. The lowest BCUT2D eigenvalue weighted by Gasteiger charge is -2.44. The quantitative estimate of drug-likeness (QED) is 0.790. The summed E-state index contributed by atoms with van der Waals surface area (Å²) in [6, 6.07) is 15.7. The highest BCUT2D eigenvalue weighted by atomic mass is 16.2. The van der Waals surface area contributed by atoms with Crippen LogP contribution in [0.4, 0.5) is 0 Å². The minimum Gasteiger partial charge on any atom is -0.342 e. The summed E-state index contributed by atoms with van der Waals surface area (Å²) in [5.74, 6) is 0.381. The van der Waals surface area contributed by atoms with Gasteiger partial charge < -0.3 is 10.2 Å². The molecule has 0 aromatic heterocycles. The molecule has 0 unspecified atom stereocenters. The Bertz CT molecular complexity index is 909. The summed E-state index contributed by atoms with van der Waals surface area (Å²) in [5.41, 5.74) is 4.88. The number of benzene rings is 2. The highest BCUT2D eigenvalue weighted by Gasteiger charge is 2.46. The summed E-state index contributed by atoms with van der Waals surface area (Å²) in [7, 11) is 0. The Morgan fingerprint density at radius 2 is 1.57 bits per heavy atom. The van der Waals surface area contributed by atoms with Crippen molar-refractivity contribution in [2.75, 3.05) is 0 Å². The van der Waals surface area contributed by atoms with E-state index >= 15 is 0 Å². The zero-order valence-corrected chi connectivity index (χ0v) is 18.2. The third kappa shape index (κ3) is 3.76. The first-order chi connectivity index (χ1) is 14.5. The maximum absolute atomic E-state index is 13.8. The standard InChI is InChI=1S/C26H32N2O2/c1-4-18(5-2)24-25(29)27-23(22-14-19-11-8-9-12-20(19)15-22)26(30)28(24)16-21-13-7-6-10-17(21)3/h6-13,18,22-24H,4-5,14-16H2,1-3H3,(H,27,29)/t23-,24-/m1/s1. The summed E-state index contributed by atoms with van der Waals surface area (Å²) in [4.78, 5) is 29.0. The van der Waals surface area contributed by atoms with E-state index in [0.29, 0.717) is 6.54 Å². The molecule has 2 aromatic rings. The Morgan fingerprint density at radius 3 is 2.17 bits per heavy atom. The van der Waals surface area contributed by atoms with Crippen LogP contribution in [0.25, 0.3) is 0 Å². The first-order valence-corrected chi connectivity index (χ1v) is 11.3. The van der Waals surface area contributed by atoms with Crippen molar-refractivity contribution in [3.63, 3.8) is 0 Å². The Morgan fingerprint density at radius 1 is 0.967 bits per heavy atom. The van der Waals surface area contributed by atoms with E-state index in [1.807, 2.05) is 17.0 Å². The molecule has 30 heavy (non-hydrogen) atoms. The van der Waals surface area contributed by atoms with Gasteiger partial charge in [-0.05, 0) is 53.9 Å². The van der Waals surface area contributed by atoms with Crippen LogP contribution >= 0.6 is 0 Å². The van der Waals surface area contributed by atoms with Crippen molar-refractivity contribution >= 4 is 11.8 Å². The minimum absolute atomic E-state index is 0.0119. The lowest BCUT2D eigenvalue weighted by Crippen LogP contribution is -2.66. The highest BCUT2D eigenvalue weighted by Crippen LogP contribution is 2.33. The molecule has 1 saturated heterocycles. The Hall–Kier alpha value is -2.62. The summed E-state index contributed by atoms with van der Waals surface area (Å²) in [6.07, 6.45) is 3.46. The first kappa shape index (κ1) is 20.6. The Kier molecular flexibility index (Phi) is 5.94. The van der Waals surface area contributed by atoms with Crippen molar-refractivity contribution in [3.8, 4) is 0 Å². The van der Waals surface area contributed by atoms with Crippen molar-refractivity contribution in [2.24, 2.45) is 11.8 Å². The molecular weight excluding hydrogens is 372 g/mol. The lowest BCUT2D eigenvalue weighted by atomic mass is 9.86. The van der Waals surface area contributed by atoms with E-state index in [1.54, 1.807) is 0 Å². The van der Waals surface area contributed by atoms with Crippen LogP contribution in [0.15, 0.2) is 48.5 Å². The molecule has 2 atom stereocenters. The van der Waals surface area contributed by atoms with Crippen LogP contribution in [-0.4, -0.2) is 28.8 Å². The van der Waals surface area contributed by atoms with E-state index in [-0.39, 0.29) is 23.7 Å². The molecule has 2 amide bonds. The number of carbonyl (C=O) groups excluding carboxylic acids is 2. The van der Waals surface area contributed by atoms with E-state index < -0.39 is 12.1 Å². The van der Waals surface area contributed by atoms with Gasteiger partial charge in [-0.1, -0.05) is 75.2 Å². The number of hydrogen-bond donors (Lipinski definition) is 1. The molecule has 1 fully saturated rings. The normalized spacial score (nSPS) is 21.8. The fraction of sp³-hybridized carbons (Fsp3) is 0.462. The van der Waals surface area contributed by atoms with Gasteiger partial charge in [0.1, 0.15) is 12.1 Å². The molecule has 0 radical (unpaired) electrons. The fourth-order valence-electron chi connectivity index (χ4n) is 5.26. The number of hydrogen-bond acceptors (Lipinski definition) is 2.